The lowest BCUT2D eigenvalue weighted by Gasteiger charge is -2.20. The van der Waals surface area contributed by atoms with Crippen molar-refractivity contribution in [3.63, 3.8) is 0 Å². The lowest BCUT2D eigenvalue weighted by Crippen LogP contribution is -2.26. The molecule has 0 aliphatic rings. The molecule has 1 amide bonds. The van der Waals surface area contributed by atoms with Gasteiger partial charge in [-0.05, 0) is 48.9 Å². The molecule has 124 valence electrons. The van der Waals surface area contributed by atoms with Crippen LogP contribution < -0.4 is 9.80 Å². The Hall–Kier alpha value is -2.80. The standard InChI is InChI=1S/C20H23N3O/c1-4-5-13-22(2)18-11-9-17(10-12-18)20(24)23(3)19-8-6-7-16(14-19)15-21/h6-12,14H,4-5,13H2,1-3H3. The van der Waals surface area contributed by atoms with Crippen LogP contribution >= 0.6 is 0 Å². The molecular formula is C20H23N3O. The predicted molar refractivity (Wildman–Crippen MR) is 98.5 cm³/mol. The number of hydrogen-bond acceptors (Lipinski definition) is 3. The van der Waals surface area contributed by atoms with E-state index in [0.29, 0.717) is 16.8 Å². The maximum Gasteiger partial charge on any atom is 0.258 e. The monoisotopic (exact) mass is 321 g/mol. The SMILES string of the molecule is CCCCN(C)c1ccc(C(=O)N(C)c2cccc(C#N)c2)cc1. The summed E-state index contributed by atoms with van der Waals surface area (Å²) < 4.78 is 0. The van der Waals surface area contributed by atoms with Crippen molar-refractivity contribution in [3.05, 3.63) is 59.7 Å². The molecule has 0 aromatic heterocycles. The molecule has 0 heterocycles. The summed E-state index contributed by atoms with van der Waals surface area (Å²) in [6.07, 6.45) is 2.31. The molecule has 0 spiro atoms. The Labute approximate surface area is 143 Å². The molecule has 0 aliphatic heterocycles. The van der Waals surface area contributed by atoms with Gasteiger partial charge in [-0.3, -0.25) is 4.79 Å². The van der Waals surface area contributed by atoms with Gasteiger partial charge in [0.15, 0.2) is 0 Å². The normalized spacial score (nSPS) is 10.1. The third-order valence-electron chi connectivity index (χ3n) is 4.07. The maximum absolute atomic E-state index is 12.6. The van der Waals surface area contributed by atoms with Crippen LogP contribution in [0.5, 0.6) is 0 Å². The Morgan fingerprint density at radius 1 is 1.08 bits per heavy atom. The Bertz CT molecular complexity index is 731. The number of benzene rings is 2. The smallest absolute Gasteiger partial charge is 0.258 e. The molecule has 2 rings (SSSR count). The fourth-order valence-corrected chi connectivity index (χ4v) is 2.48. The molecule has 0 saturated carbocycles. The number of amides is 1. The number of carbonyl (C=O) groups excluding carboxylic acids is 1. The third-order valence-corrected chi connectivity index (χ3v) is 4.07. The molecule has 2 aromatic carbocycles. The second-order valence-electron chi connectivity index (χ2n) is 5.85. The van der Waals surface area contributed by atoms with E-state index in [1.54, 1.807) is 30.1 Å². The van der Waals surface area contributed by atoms with Crippen LogP contribution in [0.3, 0.4) is 0 Å². The molecule has 0 fully saturated rings. The topological polar surface area (TPSA) is 47.3 Å². The second-order valence-corrected chi connectivity index (χ2v) is 5.85. The number of nitriles is 1. The first-order chi connectivity index (χ1) is 11.6. The molecule has 4 heteroatoms. The van der Waals surface area contributed by atoms with Gasteiger partial charge in [0.2, 0.25) is 0 Å². The molecule has 0 atom stereocenters. The molecule has 4 nitrogen and oxygen atoms in total. The average molecular weight is 321 g/mol. The van der Waals surface area contributed by atoms with Crippen molar-refractivity contribution >= 4 is 17.3 Å². The van der Waals surface area contributed by atoms with Gasteiger partial charge in [-0.2, -0.15) is 5.26 Å². The minimum atomic E-state index is -0.0900. The van der Waals surface area contributed by atoms with Crippen molar-refractivity contribution in [1.82, 2.24) is 0 Å². The first kappa shape index (κ1) is 17.6. The first-order valence-electron chi connectivity index (χ1n) is 8.16. The van der Waals surface area contributed by atoms with Crippen molar-refractivity contribution in [2.75, 3.05) is 30.4 Å². The van der Waals surface area contributed by atoms with E-state index in [-0.39, 0.29) is 5.91 Å². The molecule has 0 saturated heterocycles. The lowest BCUT2D eigenvalue weighted by atomic mass is 10.1. The quantitative estimate of drug-likeness (QED) is 0.805. The van der Waals surface area contributed by atoms with Crippen molar-refractivity contribution in [2.45, 2.75) is 19.8 Å². The summed E-state index contributed by atoms with van der Waals surface area (Å²) in [6, 6.07) is 16.8. The van der Waals surface area contributed by atoms with Crippen LogP contribution in [0.1, 0.15) is 35.7 Å². The van der Waals surface area contributed by atoms with Gasteiger partial charge in [-0.25, -0.2) is 0 Å². The highest BCUT2D eigenvalue weighted by molar-refractivity contribution is 6.05. The number of anilines is 2. The van der Waals surface area contributed by atoms with Crippen LogP contribution in [0.2, 0.25) is 0 Å². The molecule has 0 aliphatic carbocycles. The molecule has 0 unspecified atom stereocenters. The number of unbranched alkanes of at least 4 members (excludes halogenated alkanes) is 1. The fraction of sp³-hybridized carbons (Fsp3) is 0.300. The van der Waals surface area contributed by atoms with E-state index < -0.39 is 0 Å². The molecule has 0 bridgehead atoms. The van der Waals surface area contributed by atoms with E-state index in [1.165, 1.54) is 0 Å². The van der Waals surface area contributed by atoms with Gasteiger partial charge in [0.25, 0.3) is 5.91 Å². The van der Waals surface area contributed by atoms with Gasteiger partial charge in [0.05, 0.1) is 11.6 Å². The van der Waals surface area contributed by atoms with Crippen LogP contribution in [0, 0.1) is 11.3 Å². The van der Waals surface area contributed by atoms with E-state index in [2.05, 4.69) is 24.9 Å². The summed E-state index contributed by atoms with van der Waals surface area (Å²) in [5.41, 5.74) is 2.99. The zero-order valence-corrected chi connectivity index (χ0v) is 14.5. The van der Waals surface area contributed by atoms with Gasteiger partial charge < -0.3 is 9.80 Å². The summed E-state index contributed by atoms with van der Waals surface area (Å²) in [7, 11) is 3.78. The number of carbonyl (C=O) groups is 1. The average Bonchev–Trinajstić information content (AvgIpc) is 2.65. The molecule has 24 heavy (non-hydrogen) atoms. The lowest BCUT2D eigenvalue weighted by molar-refractivity contribution is 0.0993. The van der Waals surface area contributed by atoms with Gasteiger partial charge in [-0.15, -0.1) is 0 Å². The van der Waals surface area contributed by atoms with E-state index in [9.17, 15) is 4.79 Å². The van der Waals surface area contributed by atoms with Crippen LogP contribution in [0.15, 0.2) is 48.5 Å². The highest BCUT2D eigenvalue weighted by Gasteiger charge is 2.14. The summed E-state index contributed by atoms with van der Waals surface area (Å²) in [5.74, 6) is -0.0900. The van der Waals surface area contributed by atoms with E-state index in [0.717, 1.165) is 25.1 Å². The molecule has 2 aromatic rings. The Kier molecular flexibility index (Phi) is 5.97. The zero-order chi connectivity index (χ0) is 17.5. The molecule has 0 radical (unpaired) electrons. The van der Waals surface area contributed by atoms with Crippen LogP contribution in [0.25, 0.3) is 0 Å². The van der Waals surface area contributed by atoms with Gasteiger partial charge in [-0.1, -0.05) is 19.4 Å². The zero-order valence-electron chi connectivity index (χ0n) is 14.5. The van der Waals surface area contributed by atoms with Crippen LogP contribution in [-0.4, -0.2) is 26.5 Å². The van der Waals surface area contributed by atoms with Crippen molar-refractivity contribution in [1.29, 1.82) is 5.26 Å². The number of hydrogen-bond donors (Lipinski definition) is 0. The van der Waals surface area contributed by atoms with Gasteiger partial charge in [0, 0.05) is 37.6 Å². The molecule has 0 N–H and O–H groups in total. The minimum absolute atomic E-state index is 0.0900. The third kappa shape index (κ3) is 4.14. The summed E-state index contributed by atoms with van der Waals surface area (Å²) in [6.45, 7) is 3.18. The largest absolute Gasteiger partial charge is 0.375 e. The highest BCUT2D eigenvalue weighted by Crippen LogP contribution is 2.19. The second kappa shape index (κ2) is 8.16. The van der Waals surface area contributed by atoms with E-state index in [4.69, 9.17) is 5.26 Å². The maximum atomic E-state index is 12.6. The minimum Gasteiger partial charge on any atom is -0.375 e. The Morgan fingerprint density at radius 3 is 2.42 bits per heavy atom. The first-order valence-corrected chi connectivity index (χ1v) is 8.16. The van der Waals surface area contributed by atoms with Crippen molar-refractivity contribution < 1.29 is 4.79 Å². The van der Waals surface area contributed by atoms with E-state index in [1.807, 2.05) is 30.3 Å². The van der Waals surface area contributed by atoms with Crippen molar-refractivity contribution in [2.24, 2.45) is 0 Å². The van der Waals surface area contributed by atoms with E-state index >= 15 is 0 Å². The molecular weight excluding hydrogens is 298 g/mol. The number of nitrogens with zero attached hydrogens (tertiary/aromatic N) is 3. The summed E-state index contributed by atoms with van der Waals surface area (Å²) >= 11 is 0. The Morgan fingerprint density at radius 2 is 1.79 bits per heavy atom. The predicted octanol–water partition coefficient (Wildman–Crippen LogP) is 4.07. The summed E-state index contributed by atoms with van der Waals surface area (Å²) in [4.78, 5) is 16.4. The highest BCUT2D eigenvalue weighted by atomic mass is 16.2. The Balaban J connectivity index is 2.13. The number of rotatable bonds is 6. The summed E-state index contributed by atoms with van der Waals surface area (Å²) in [5, 5.41) is 8.99. The van der Waals surface area contributed by atoms with Crippen LogP contribution in [0.4, 0.5) is 11.4 Å². The van der Waals surface area contributed by atoms with Crippen LogP contribution in [-0.2, 0) is 0 Å². The van der Waals surface area contributed by atoms with Crippen molar-refractivity contribution in [3.8, 4) is 6.07 Å². The van der Waals surface area contributed by atoms with Gasteiger partial charge in [0.1, 0.15) is 0 Å². The van der Waals surface area contributed by atoms with Gasteiger partial charge >= 0.3 is 0 Å². The fourth-order valence-electron chi connectivity index (χ4n) is 2.48.